The Balaban J connectivity index is 1.48. The van der Waals surface area contributed by atoms with Gasteiger partial charge in [0.15, 0.2) is 0 Å². The van der Waals surface area contributed by atoms with Gasteiger partial charge in [-0.15, -0.1) is 0 Å². The third kappa shape index (κ3) is 3.32. The molecular weight excluding hydrogens is 316 g/mol. The Kier molecular flexibility index (Phi) is 4.31. The fraction of sp³-hybridized carbons (Fsp3) is 0.444. The summed E-state index contributed by atoms with van der Waals surface area (Å²) in [6.07, 6.45) is 5.95. The minimum atomic E-state index is 0.0156. The molecular formula is C18H22N6O. The van der Waals surface area contributed by atoms with Crippen LogP contribution < -0.4 is 4.90 Å². The highest BCUT2D eigenvalue weighted by atomic mass is 16.2. The Hall–Kier alpha value is -2.54. The van der Waals surface area contributed by atoms with Gasteiger partial charge in [0.1, 0.15) is 0 Å². The van der Waals surface area contributed by atoms with E-state index in [1.54, 1.807) is 24.5 Å². The lowest BCUT2D eigenvalue weighted by molar-refractivity contribution is 0.0733. The van der Waals surface area contributed by atoms with Crippen molar-refractivity contribution in [1.29, 1.82) is 0 Å². The van der Waals surface area contributed by atoms with E-state index in [2.05, 4.69) is 26.8 Å². The van der Waals surface area contributed by atoms with Crippen LogP contribution in [0.25, 0.3) is 0 Å². The second kappa shape index (κ2) is 6.76. The van der Waals surface area contributed by atoms with Crippen molar-refractivity contribution >= 4 is 11.9 Å². The number of carbonyl (C=O) groups is 1. The maximum absolute atomic E-state index is 12.6. The number of rotatable bonds is 2. The quantitative estimate of drug-likeness (QED) is 0.808. The molecule has 4 heterocycles. The summed E-state index contributed by atoms with van der Waals surface area (Å²) in [6, 6.07) is 3.59. The summed E-state index contributed by atoms with van der Waals surface area (Å²) in [4.78, 5) is 32.4. The van der Waals surface area contributed by atoms with Gasteiger partial charge >= 0.3 is 0 Å². The molecule has 0 unspecified atom stereocenters. The van der Waals surface area contributed by atoms with E-state index in [0.717, 1.165) is 49.8 Å². The van der Waals surface area contributed by atoms with Gasteiger partial charge in [-0.2, -0.15) is 0 Å². The summed E-state index contributed by atoms with van der Waals surface area (Å²) in [6.45, 7) is 5.23. The smallest absolute Gasteiger partial charge is 0.255 e. The maximum atomic E-state index is 12.6. The van der Waals surface area contributed by atoms with E-state index in [0.29, 0.717) is 18.7 Å². The van der Waals surface area contributed by atoms with Crippen molar-refractivity contribution in [1.82, 2.24) is 24.8 Å². The number of aromatic nitrogens is 3. The zero-order valence-corrected chi connectivity index (χ0v) is 14.4. The van der Waals surface area contributed by atoms with E-state index < -0.39 is 0 Å². The molecule has 1 fully saturated rings. The normalized spacial score (nSPS) is 18.1. The van der Waals surface area contributed by atoms with E-state index in [9.17, 15) is 4.79 Å². The standard InChI is InChI=1S/C18H22N6O/c1-22-7-9-23(10-8-22)18-20-12-15-13-24(6-4-16(15)21-18)17(25)14-3-2-5-19-11-14/h2-3,5,11-12H,4,6-10,13H2,1H3. The molecule has 0 bridgehead atoms. The molecule has 2 aliphatic heterocycles. The molecule has 25 heavy (non-hydrogen) atoms. The lowest BCUT2D eigenvalue weighted by Gasteiger charge is -2.33. The van der Waals surface area contributed by atoms with Crippen LogP contribution in [0.1, 0.15) is 21.6 Å². The number of fused-ring (bicyclic) bond motifs is 1. The van der Waals surface area contributed by atoms with Crippen LogP contribution in [0.3, 0.4) is 0 Å². The van der Waals surface area contributed by atoms with Gasteiger partial charge in [-0.05, 0) is 19.2 Å². The number of pyridine rings is 1. The van der Waals surface area contributed by atoms with E-state index in [1.165, 1.54) is 0 Å². The highest BCUT2D eigenvalue weighted by Crippen LogP contribution is 2.21. The molecule has 2 aromatic heterocycles. The third-order valence-electron chi connectivity index (χ3n) is 4.90. The molecule has 0 aliphatic carbocycles. The van der Waals surface area contributed by atoms with Gasteiger partial charge in [0.05, 0.1) is 11.3 Å². The molecule has 0 spiro atoms. The highest BCUT2D eigenvalue weighted by molar-refractivity contribution is 5.94. The Morgan fingerprint density at radius 3 is 2.72 bits per heavy atom. The van der Waals surface area contributed by atoms with Gasteiger partial charge in [-0.25, -0.2) is 9.97 Å². The molecule has 1 saturated heterocycles. The van der Waals surface area contributed by atoms with Crippen molar-refractivity contribution in [2.24, 2.45) is 0 Å². The predicted octanol–water partition coefficient (Wildman–Crippen LogP) is 0.822. The summed E-state index contributed by atoms with van der Waals surface area (Å²) in [5, 5.41) is 0. The summed E-state index contributed by atoms with van der Waals surface area (Å²) in [5.74, 6) is 0.834. The van der Waals surface area contributed by atoms with Crippen molar-refractivity contribution in [2.75, 3.05) is 44.7 Å². The average Bonchev–Trinajstić information content (AvgIpc) is 2.68. The molecule has 2 aliphatic rings. The highest BCUT2D eigenvalue weighted by Gasteiger charge is 2.24. The van der Waals surface area contributed by atoms with Crippen LogP contribution in [0, 0.1) is 0 Å². The second-order valence-electron chi connectivity index (χ2n) is 6.65. The monoisotopic (exact) mass is 338 g/mol. The zero-order valence-electron chi connectivity index (χ0n) is 14.4. The Bertz CT molecular complexity index is 757. The van der Waals surface area contributed by atoms with Gasteiger partial charge in [0.2, 0.25) is 5.95 Å². The van der Waals surface area contributed by atoms with E-state index >= 15 is 0 Å². The number of hydrogen-bond acceptors (Lipinski definition) is 6. The molecule has 4 rings (SSSR count). The van der Waals surface area contributed by atoms with Gasteiger partial charge in [0.25, 0.3) is 5.91 Å². The summed E-state index contributed by atoms with van der Waals surface area (Å²) < 4.78 is 0. The van der Waals surface area contributed by atoms with Crippen LogP contribution >= 0.6 is 0 Å². The van der Waals surface area contributed by atoms with Crippen LogP contribution in [0.15, 0.2) is 30.7 Å². The van der Waals surface area contributed by atoms with Crippen LogP contribution in [-0.4, -0.2) is 70.4 Å². The van der Waals surface area contributed by atoms with E-state index in [-0.39, 0.29) is 5.91 Å². The van der Waals surface area contributed by atoms with Gasteiger partial charge in [-0.1, -0.05) is 0 Å². The molecule has 130 valence electrons. The second-order valence-corrected chi connectivity index (χ2v) is 6.65. The number of likely N-dealkylation sites (N-methyl/N-ethyl adjacent to an activating group) is 1. The minimum Gasteiger partial charge on any atom is -0.338 e. The number of piperazine rings is 1. The molecule has 0 radical (unpaired) electrons. The van der Waals surface area contributed by atoms with E-state index in [4.69, 9.17) is 4.98 Å². The molecule has 0 saturated carbocycles. The number of hydrogen-bond donors (Lipinski definition) is 0. The Labute approximate surface area is 147 Å². The Morgan fingerprint density at radius 2 is 1.96 bits per heavy atom. The molecule has 7 heteroatoms. The van der Waals surface area contributed by atoms with Gasteiger partial charge in [-0.3, -0.25) is 9.78 Å². The van der Waals surface area contributed by atoms with Crippen LogP contribution in [0.5, 0.6) is 0 Å². The SMILES string of the molecule is CN1CCN(c2ncc3c(n2)CCN(C(=O)c2cccnc2)C3)CC1. The van der Waals surface area contributed by atoms with Crippen molar-refractivity contribution in [2.45, 2.75) is 13.0 Å². The van der Waals surface area contributed by atoms with Crippen LogP contribution in [0.2, 0.25) is 0 Å². The Morgan fingerprint density at radius 1 is 1.12 bits per heavy atom. The third-order valence-corrected chi connectivity index (χ3v) is 4.90. The molecule has 7 nitrogen and oxygen atoms in total. The largest absolute Gasteiger partial charge is 0.338 e. The topological polar surface area (TPSA) is 65.5 Å². The van der Waals surface area contributed by atoms with E-state index in [1.807, 2.05) is 11.1 Å². The summed E-state index contributed by atoms with van der Waals surface area (Å²) >= 11 is 0. The van der Waals surface area contributed by atoms with Crippen molar-refractivity contribution in [3.05, 3.63) is 47.5 Å². The molecule has 0 atom stereocenters. The fourth-order valence-electron chi connectivity index (χ4n) is 3.31. The molecule has 2 aromatic rings. The predicted molar refractivity (Wildman–Crippen MR) is 94.4 cm³/mol. The lowest BCUT2D eigenvalue weighted by atomic mass is 10.1. The zero-order chi connectivity index (χ0) is 17.2. The fourth-order valence-corrected chi connectivity index (χ4v) is 3.31. The van der Waals surface area contributed by atoms with Gasteiger partial charge < -0.3 is 14.7 Å². The lowest BCUT2D eigenvalue weighted by Crippen LogP contribution is -2.45. The summed E-state index contributed by atoms with van der Waals surface area (Å²) in [7, 11) is 2.14. The first-order chi connectivity index (χ1) is 12.2. The number of carbonyl (C=O) groups excluding carboxylic acids is 1. The van der Waals surface area contributed by atoms with Crippen molar-refractivity contribution < 1.29 is 4.79 Å². The first-order valence-electron chi connectivity index (χ1n) is 8.68. The number of anilines is 1. The van der Waals surface area contributed by atoms with Crippen molar-refractivity contribution in [3.63, 3.8) is 0 Å². The van der Waals surface area contributed by atoms with Crippen LogP contribution in [-0.2, 0) is 13.0 Å². The van der Waals surface area contributed by atoms with Crippen molar-refractivity contribution in [3.8, 4) is 0 Å². The van der Waals surface area contributed by atoms with Crippen LogP contribution in [0.4, 0.5) is 5.95 Å². The summed E-state index contributed by atoms with van der Waals surface area (Å²) in [5.41, 5.74) is 2.74. The minimum absolute atomic E-state index is 0.0156. The average molecular weight is 338 g/mol. The number of nitrogens with zero attached hydrogens (tertiary/aromatic N) is 6. The molecule has 0 N–H and O–H groups in total. The molecule has 0 aromatic carbocycles. The number of amides is 1. The molecule has 1 amide bonds. The maximum Gasteiger partial charge on any atom is 0.255 e. The van der Waals surface area contributed by atoms with Gasteiger partial charge in [0, 0.05) is 69.8 Å². The first-order valence-corrected chi connectivity index (χ1v) is 8.68. The first kappa shape index (κ1) is 16.0.